The Labute approximate surface area is 59.4 Å². The van der Waals surface area contributed by atoms with Gasteiger partial charge in [0.2, 0.25) is 0 Å². The number of hydrogen-bond acceptors (Lipinski definition) is 4. The first kappa shape index (κ1) is 9.35. The lowest BCUT2D eigenvalue weighted by Gasteiger charge is -2.10. The summed E-state index contributed by atoms with van der Waals surface area (Å²) >= 11 is 0. The van der Waals surface area contributed by atoms with E-state index in [1.165, 1.54) is 14.2 Å². The van der Waals surface area contributed by atoms with E-state index in [-0.39, 0.29) is 12.5 Å². The van der Waals surface area contributed by atoms with Crippen LogP contribution < -0.4 is 11.2 Å². The van der Waals surface area contributed by atoms with Gasteiger partial charge in [-0.05, 0) is 0 Å². The number of amides is 1. The second-order valence-electron chi connectivity index (χ2n) is 1.63. The van der Waals surface area contributed by atoms with Crippen LogP contribution in [0.4, 0.5) is 0 Å². The van der Waals surface area contributed by atoms with E-state index in [1.54, 1.807) is 0 Å². The Balaban J connectivity index is 3.65. The molecule has 5 nitrogen and oxygen atoms in total. The maximum absolute atomic E-state index is 10.8. The molecule has 0 aromatic carbocycles. The van der Waals surface area contributed by atoms with E-state index in [9.17, 15) is 4.79 Å². The molecule has 0 aliphatic carbocycles. The number of nitrogens with one attached hydrogen (secondary N) is 1. The smallest absolute Gasteiger partial charge is 0.273 e. The fourth-order valence-electron chi connectivity index (χ4n) is 0.477. The normalized spacial score (nSPS) is 12.7. The predicted molar refractivity (Wildman–Crippen MR) is 35.0 cm³/mol. The lowest BCUT2D eigenvalue weighted by Crippen LogP contribution is -2.39. The van der Waals surface area contributed by atoms with Crippen molar-refractivity contribution in [3.63, 3.8) is 0 Å². The predicted octanol–water partition coefficient (Wildman–Crippen LogP) is -1.36. The summed E-state index contributed by atoms with van der Waals surface area (Å²) in [6.07, 6.45) is -0.625. The Morgan fingerprint density at radius 2 is 2.30 bits per heavy atom. The maximum Gasteiger partial charge on any atom is 0.273 e. The van der Waals surface area contributed by atoms with Gasteiger partial charge >= 0.3 is 0 Å². The Hall–Kier alpha value is -0.650. The first-order chi connectivity index (χ1) is 4.76. The lowest BCUT2D eigenvalue weighted by molar-refractivity contribution is -0.141. The van der Waals surface area contributed by atoms with Crippen LogP contribution in [0.25, 0.3) is 0 Å². The van der Waals surface area contributed by atoms with Crippen LogP contribution in [0.5, 0.6) is 0 Å². The molecule has 0 fully saturated rings. The van der Waals surface area contributed by atoms with Crippen LogP contribution in [0.3, 0.4) is 0 Å². The highest BCUT2D eigenvalue weighted by Gasteiger charge is 2.14. The summed E-state index contributed by atoms with van der Waals surface area (Å²) in [4.78, 5) is 15.1. The fraction of sp³-hybridized carbons (Fsp3) is 0.800. The number of carbonyl (C=O) groups is 1. The monoisotopic (exact) mass is 148 g/mol. The Bertz CT molecular complexity index is 103. The molecule has 0 aliphatic heterocycles. The number of ether oxygens (including phenoxy) is 1. The number of hydroxylamine groups is 1. The van der Waals surface area contributed by atoms with Gasteiger partial charge in [0.1, 0.15) is 6.10 Å². The summed E-state index contributed by atoms with van der Waals surface area (Å²) in [6.45, 7) is 0.145. The molecule has 0 aliphatic rings. The van der Waals surface area contributed by atoms with Gasteiger partial charge in [-0.2, -0.15) is 0 Å². The van der Waals surface area contributed by atoms with Crippen molar-refractivity contribution in [1.82, 2.24) is 5.48 Å². The molecule has 3 N–H and O–H groups in total. The lowest BCUT2D eigenvalue weighted by atomic mass is 10.3. The second kappa shape index (κ2) is 5.16. The minimum Gasteiger partial charge on any atom is -0.370 e. The van der Waals surface area contributed by atoms with Crippen LogP contribution in [0.1, 0.15) is 0 Å². The fourth-order valence-corrected chi connectivity index (χ4v) is 0.477. The Morgan fingerprint density at radius 3 is 2.60 bits per heavy atom. The standard InChI is InChI=1S/C5H12N2O3/c1-9-4(3-6)5(8)7-10-2/h4H,3,6H2,1-2H3,(H,7,8). The van der Waals surface area contributed by atoms with E-state index in [4.69, 9.17) is 10.5 Å². The van der Waals surface area contributed by atoms with E-state index >= 15 is 0 Å². The van der Waals surface area contributed by atoms with Crippen molar-refractivity contribution < 1.29 is 14.4 Å². The third kappa shape index (κ3) is 2.77. The molecule has 0 radical (unpaired) electrons. The van der Waals surface area contributed by atoms with Crippen molar-refractivity contribution in [3.05, 3.63) is 0 Å². The molecule has 0 saturated heterocycles. The number of hydrogen-bond donors (Lipinski definition) is 2. The molecule has 0 aromatic heterocycles. The first-order valence-electron chi connectivity index (χ1n) is 2.82. The van der Waals surface area contributed by atoms with Gasteiger partial charge in [-0.3, -0.25) is 9.63 Å². The zero-order chi connectivity index (χ0) is 7.98. The van der Waals surface area contributed by atoms with Crippen molar-refractivity contribution in [3.8, 4) is 0 Å². The molecule has 1 amide bonds. The molecule has 10 heavy (non-hydrogen) atoms. The van der Waals surface area contributed by atoms with Crippen molar-refractivity contribution in [1.29, 1.82) is 0 Å². The molecule has 60 valence electrons. The highest BCUT2D eigenvalue weighted by molar-refractivity contribution is 5.79. The minimum absolute atomic E-state index is 0.145. The Morgan fingerprint density at radius 1 is 1.70 bits per heavy atom. The summed E-state index contributed by atoms with van der Waals surface area (Å²) in [5.74, 6) is -0.368. The minimum atomic E-state index is -0.625. The molecule has 0 saturated carbocycles. The number of rotatable bonds is 4. The highest BCUT2D eigenvalue weighted by Crippen LogP contribution is 1.85. The Kier molecular flexibility index (Phi) is 4.82. The average Bonchev–Trinajstić information content (AvgIpc) is 1.91. The zero-order valence-corrected chi connectivity index (χ0v) is 6.09. The topological polar surface area (TPSA) is 73.6 Å². The van der Waals surface area contributed by atoms with Gasteiger partial charge in [-0.15, -0.1) is 0 Å². The molecule has 0 aromatic rings. The molecule has 1 atom stereocenters. The van der Waals surface area contributed by atoms with Gasteiger partial charge in [0.15, 0.2) is 0 Å². The van der Waals surface area contributed by atoms with E-state index in [0.29, 0.717) is 0 Å². The van der Waals surface area contributed by atoms with Crippen LogP contribution in [-0.2, 0) is 14.4 Å². The van der Waals surface area contributed by atoms with Crippen LogP contribution in [0, 0.1) is 0 Å². The van der Waals surface area contributed by atoms with Crippen LogP contribution >= 0.6 is 0 Å². The molecule has 0 rings (SSSR count). The van der Waals surface area contributed by atoms with Crippen LogP contribution in [0.15, 0.2) is 0 Å². The summed E-state index contributed by atoms with van der Waals surface area (Å²) in [6, 6.07) is 0. The summed E-state index contributed by atoms with van der Waals surface area (Å²) < 4.78 is 4.70. The van der Waals surface area contributed by atoms with E-state index in [1.807, 2.05) is 0 Å². The van der Waals surface area contributed by atoms with Crippen LogP contribution in [0.2, 0.25) is 0 Å². The maximum atomic E-state index is 10.8. The van der Waals surface area contributed by atoms with E-state index in [2.05, 4.69) is 10.3 Å². The summed E-state index contributed by atoms with van der Waals surface area (Å²) in [7, 11) is 2.76. The molecule has 1 unspecified atom stereocenters. The van der Waals surface area contributed by atoms with Crippen molar-refractivity contribution >= 4 is 5.91 Å². The highest BCUT2D eigenvalue weighted by atomic mass is 16.6. The third-order valence-corrected chi connectivity index (χ3v) is 0.994. The molecule has 0 heterocycles. The van der Waals surface area contributed by atoms with Gasteiger partial charge in [0.25, 0.3) is 5.91 Å². The summed E-state index contributed by atoms with van der Waals surface area (Å²) in [5.41, 5.74) is 7.28. The number of methoxy groups -OCH3 is 1. The van der Waals surface area contributed by atoms with Gasteiger partial charge in [-0.1, -0.05) is 0 Å². The number of nitrogens with two attached hydrogens (primary N) is 1. The molecule has 0 spiro atoms. The quantitative estimate of drug-likeness (QED) is 0.483. The van der Waals surface area contributed by atoms with E-state index < -0.39 is 6.10 Å². The largest absolute Gasteiger partial charge is 0.370 e. The van der Waals surface area contributed by atoms with Crippen molar-refractivity contribution in [2.24, 2.45) is 5.73 Å². The molecule has 0 bridgehead atoms. The van der Waals surface area contributed by atoms with Gasteiger partial charge in [-0.25, -0.2) is 5.48 Å². The van der Waals surface area contributed by atoms with Gasteiger partial charge in [0.05, 0.1) is 7.11 Å². The SMILES string of the molecule is CONC(=O)C(CN)OC. The first-order valence-corrected chi connectivity index (χ1v) is 2.82. The summed E-state index contributed by atoms with van der Waals surface area (Å²) in [5, 5.41) is 0. The second-order valence-corrected chi connectivity index (χ2v) is 1.63. The number of carbonyl (C=O) groups excluding carboxylic acids is 1. The van der Waals surface area contributed by atoms with Crippen LogP contribution in [-0.4, -0.2) is 32.8 Å². The zero-order valence-electron chi connectivity index (χ0n) is 6.09. The molecule has 5 heteroatoms. The van der Waals surface area contributed by atoms with Crippen molar-refractivity contribution in [2.45, 2.75) is 6.10 Å². The van der Waals surface area contributed by atoms with E-state index in [0.717, 1.165) is 0 Å². The van der Waals surface area contributed by atoms with Gasteiger partial charge < -0.3 is 10.5 Å². The average molecular weight is 148 g/mol. The molecular weight excluding hydrogens is 136 g/mol. The van der Waals surface area contributed by atoms with Gasteiger partial charge in [0, 0.05) is 13.7 Å². The van der Waals surface area contributed by atoms with Crippen molar-refractivity contribution in [2.75, 3.05) is 20.8 Å². The molecular formula is C5H12N2O3. The third-order valence-electron chi connectivity index (χ3n) is 0.994.